The monoisotopic (exact) mass is 904 g/mol. The van der Waals surface area contributed by atoms with Crippen molar-refractivity contribution in [3.05, 3.63) is 94.6 Å². The van der Waals surface area contributed by atoms with Gasteiger partial charge in [-0.2, -0.15) is 10.2 Å². The summed E-state index contributed by atoms with van der Waals surface area (Å²) in [5.74, 6) is -1.48. The van der Waals surface area contributed by atoms with Gasteiger partial charge >= 0.3 is 0 Å². The van der Waals surface area contributed by atoms with Gasteiger partial charge in [-0.15, -0.1) is 0 Å². The first-order valence-electron chi connectivity index (χ1n) is 21.3. The number of hydrogen-bond acceptors (Lipinski definition) is 12. The Morgan fingerprint density at radius 3 is 1.70 bits per heavy atom. The Labute approximate surface area is 380 Å². The van der Waals surface area contributed by atoms with Gasteiger partial charge in [0.1, 0.15) is 40.5 Å². The minimum absolute atomic E-state index is 0.0509. The second-order valence-corrected chi connectivity index (χ2v) is 15.1. The minimum Gasteiger partial charge on any atom is -0.494 e. The van der Waals surface area contributed by atoms with Crippen LogP contribution in [0.15, 0.2) is 60.7 Å². The van der Waals surface area contributed by atoms with Crippen LogP contribution in [0.3, 0.4) is 0 Å². The highest BCUT2D eigenvalue weighted by molar-refractivity contribution is 6.05. The molecule has 0 saturated carbocycles. The van der Waals surface area contributed by atoms with Crippen molar-refractivity contribution in [3.63, 3.8) is 0 Å². The Hall–Kier alpha value is -8.01. The number of ether oxygens (including phenoxy) is 2. The first-order valence-corrected chi connectivity index (χ1v) is 21.3. The van der Waals surface area contributed by atoms with E-state index < -0.39 is 23.6 Å². The Morgan fingerprint density at radius 1 is 0.742 bits per heavy atom. The lowest BCUT2D eigenvalue weighted by molar-refractivity contribution is 0.0991. The van der Waals surface area contributed by atoms with E-state index in [1.165, 1.54) is 31.4 Å². The smallest absolute Gasteiger partial charge is 0.276 e. The summed E-state index contributed by atoms with van der Waals surface area (Å²) in [6, 6.07) is 9.43. The van der Waals surface area contributed by atoms with Gasteiger partial charge < -0.3 is 46.0 Å². The Balaban J connectivity index is 1.38. The van der Waals surface area contributed by atoms with Crippen LogP contribution >= 0.6 is 0 Å². The highest BCUT2D eigenvalue weighted by Gasteiger charge is 2.24. The van der Waals surface area contributed by atoms with Crippen molar-refractivity contribution >= 4 is 63.6 Å². The highest BCUT2D eigenvalue weighted by atomic mass is 16.5. The summed E-state index contributed by atoms with van der Waals surface area (Å²) in [7, 11) is 3.31. The normalized spacial score (nSPS) is 11.5. The second kappa shape index (κ2) is 21.1. The number of imidazole rings is 2. The lowest BCUT2D eigenvalue weighted by Gasteiger charge is -2.20. The summed E-state index contributed by atoms with van der Waals surface area (Å²) in [4.78, 5) is 63.6. The predicted octanol–water partition coefficient (Wildman–Crippen LogP) is 3.14. The van der Waals surface area contributed by atoms with Crippen LogP contribution in [0.5, 0.6) is 11.5 Å². The number of methoxy groups -OCH3 is 1. The fraction of sp³-hybridized carbons (Fsp3) is 0.341. The van der Waals surface area contributed by atoms with Crippen LogP contribution in [0.1, 0.15) is 73.3 Å². The number of rotatable bonds is 22. The third kappa shape index (κ3) is 10.7. The van der Waals surface area contributed by atoms with E-state index in [9.17, 15) is 19.2 Å². The number of nitrogens with zero attached hydrogens (tertiary/aromatic N) is 9. The van der Waals surface area contributed by atoms with Gasteiger partial charge in [-0.3, -0.25) is 44.6 Å². The van der Waals surface area contributed by atoms with Crippen molar-refractivity contribution in [2.75, 3.05) is 51.0 Å². The summed E-state index contributed by atoms with van der Waals surface area (Å²) < 4.78 is 18.6. The Morgan fingerprint density at radius 2 is 1.24 bits per heavy atom. The number of amides is 4. The van der Waals surface area contributed by atoms with E-state index >= 15 is 0 Å². The number of anilines is 2. The molecule has 0 fully saturated rings. The van der Waals surface area contributed by atoms with Crippen LogP contribution in [0.25, 0.3) is 22.1 Å². The van der Waals surface area contributed by atoms with Crippen molar-refractivity contribution < 1.29 is 28.7 Å². The number of carbonyl (C=O) groups excluding carboxylic acids is 4. The van der Waals surface area contributed by atoms with Gasteiger partial charge in [-0.05, 0) is 90.2 Å². The minimum atomic E-state index is -0.707. The van der Waals surface area contributed by atoms with E-state index in [2.05, 4.69) is 26.1 Å². The SMILES string of the molecule is CCn1nc(C)cc1C(=O)Nc1nc2cc(C(N)=O)cc(OC)c2n1C/C=C/Cn1c(NC(=O)c2cc(C)nn2CC)nc2cc(C(N)=O)cc(OC/C=C/CN(CCCNC)C(=N)N)c21. The number of carbonyl (C=O) groups is 4. The molecule has 4 aromatic heterocycles. The number of guanidine groups is 1. The van der Waals surface area contributed by atoms with Crippen LogP contribution in [0.2, 0.25) is 0 Å². The van der Waals surface area contributed by atoms with Gasteiger partial charge in [-0.25, -0.2) is 9.97 Å². The van der Waals surface area contributed by atoms with Gasteiger partial charge in [0.15, 0.2) is 5.96 Å². The molecule has 0 aliphatic heterocycles. The molecule has 0 spiro atoms. The number of aromatic nitrogens is 8. The molecule has 0 atom stereocenters. The lowest BCUT2D eigenvalue weighted by Crippen LogP contribution is -2.38. The zero-order valence-electron chi connectivity index (χ0n) is 37.8. The quantitative estimate of drug-likeness (QED) is 0.0223. The Kier molecular flexibility index (Phi) is 15.2. The zero-order valence-corrected chi connectivity index (χ0v) is 37.8. The molecule has 0 bridgehead atoms. The second-order valence-electron chi connectivity index (χ2n) is 15.1. The summed E-state index contributed by atoms with van der Waals surface area (Å²) in [6.07, 6.45) is 8.05. The van der Waals surface area contributed by atoms with Gasteiger partial charge in [0.05, 0.1) is 29.5 Å². The van der Waals surface area contributed by atoms with Gasteiger partial charge in [-0.1, -0.05) is 18.2 Å². The molecule has 66 heavy (non-hydrogen) atoms. The molecular formula is C44H56N16O6. The summed E-state index contributed by atoms with van der Waals surface area (Å²) in [5, 5.41) is 25.7. The average Bonchev–Trinajstić information content (AvgIpc) is 4.05. The number of nitrogens with two attached hydrogens (primary N) is 3. The van der Waals surface area contributed by atoms with Crippen molar-refractivity contribution in [2.45, 2.75) is 60.3 Å². The molecule has 6 aromatic rings. The predicted molar refractivity (Wildman–Crippen MR) is 250 cm³/mol. The molecule has 0 saturated heterocycles. The third-order valence-electron chi connectivity index (χ3n) is 10.5. The summed E-state index contributed by atoms with van der Waals surface area (Å²) in [6.45, 7) is 10.3. The van der Waals surface area contributed by atoms with Crippen molar-refractivity contribution in [1.29, 1.82) is 5.41 Å². The number of fused-ring (bicyclic) bond motifs is 2. The maximum atomic E-state index is 13.9. The molecule has 6 rings (SSSR count). The molecule has 4 heterocycles. The van der Waals surface area contributed by atoms with E-state index in [0.29, 0.717) is 76.8 Å². The topological polar surface area (TPSA) is 299 Å². The third-order valence-corrected chi connectivity index (χ3v) is 10.5. The molecule has 22 heteroatoms. The van der Waals surface area contributed by atoms with E-state index in [1.54, 1.807) is 55.5 Å². The molecule has 22 nitrogen and oxygen atoms in total. The molecule has 0 aliphatic rings. The van der Waals surface area contributed by atoms with Crippen LogP contribution < -0.4 is 42.6 Å². The molecule has 348 valence electrons. The van der Waals surface area contributed by atoms with Gasteiger partial charge in [0.25, 0.3) is 11.8 Å². The van der Waals surface area contributed by atoms with Crippen LogP contribution in [0, 0.1) is 19.3 Å². The van der Waals surface area contributed by atoms with E-state index in [1.807, 2.05) is 39.1 Å². The number of nitrogens with one attached hydrogen (secondary N) is 4. The standard InChI is InChI=1S/C44H56N16O6/c1-7-59-32(20-26(3)54-59)40(63)52-43-50-30-22-28(38(45)61)24-34(65-6)36(30)57(43)17-9-10-18-58-37-31(51-44(58)53-41(64)33-21-27(4)55-60(33)8-2)23-29(39(46)62)25-35(37)66-19-12-11-15-56(42(47)48)16-13-14-49-5/h9-12,20-25,49H,7-8,13-19H2,1-6H3,(H2,45,61)(H2,46,62)(H3,47,48)(H,50,52,63)(H,51,53,64)/b10-9+,12-11+. The zero-order chi connectivity index (χ0) is 47.7. The van der Waals surface area contributed by atoms with Crippen LogP contribution in [-0.4, -0.2) is 114 Å². The van der Waals surface area contributed by atoms with Crippen molar-refractivity contribution in [3.8, 4) is 11.5 Å². The summed E-state index contributed by atoms with van der Waals surface area (Å²) >= 11 is 0. The van der Waals surface area contributed by atoms with Gasteiger partial charge in [0.2, 0.25) is 23.7 Å². The first kappa shape index (κ1) is 47.5. The lowest BCUT2D eigenvalue weighted by atomic mass is 10.1. The van der Waals surface area contributed by atoms with Crippen molar-refractivity contribution in [1.82, 2.24) is 48.9 Å². The molecule has 4 amide bonds. The maximum Gasteiger partial charge on any atom is 0.276 e. The average molecular weight is 905 g/mol. The molecule has 10 N–H and O–H groups in total. The fourth-order valence-electron chi connectivity index (χ4n) is 7.35. The first-order chi connectivity index (χ1) is 31.7. The largest absolute Gasteiger partial charge is 0.494 e. The molecule has 0 radical (unpaired) electrons. The molecular weight excluding hydrogens is 849 g/mol. The van der Waals surface area contributed by atoms with E-state index in [4.69, 9.17) is 42.1 Å². The van der Waals surface area contributed by atoms with E-state index in [-0.39, 0.29) is 54.4 Å². The van der Waals surface area contributed by atoms with Crippen molar-refractivity contribution in [2.24, 2.45) is 17.2 Å². The molecule has 2 aromatic carbocycles. The summed E-state index contributed by atoms with van der Waals surface area (Å²) in [5.41, 5.74) is 21.1. The number of primary amides is 2. The fourth-order valence-corrected chi connectivity index (χ4v) is 7.35. The number of hydrogen-bond donors (Lipinski definition) is 7. The highest BCUT2D eigenvalue weighted by Crippen LogP contribution is 2.33. The number of allylic oxidation sites excluding steroid dienone is 2. The van der Waals surface area contributed by atoms with Crippen LogP contribution in [0.4, 0.5) is 11.9 Å². The molecule has 0 aliphatic carbocycles. The van der Waals surface area contributed by atoms with Gasteiger partial charge in [0, 0.05) is 50.4 Å². The number of benzene rings is 2. The number of aryl methyl sites for hydroxylation is 4. The van der Waals surface area contributed by atoms with E-state index in [0.717, 1.165) is 13.0 Å². The Bertz CT molecular complexity index is 2850. The molecule has 0 unspecified atom stereocenters. The maximum absolute atomic E-state index is 13.9. The van der Waals surface area contributed by atoms with Crippen LogP contribution in [-0.2, 0) is 26.2 Å².